The van der Waals surface area contributed by atoms with Crippen molar-refractivity contribution >= 4 is 5.97 Å². The quantitative estimate of drug-likeness (QED) is 0.531. The number of allylic oxidation sites excluding steroid dienone is 2. The van der Waals surface area contributed by atoms with Crippen LogP contribution in [0.1, 0.15) is 59.3 Å². The summed E-state index contributed by atoms with van der Waals surface area (Å²) < 4.78 is 18.0. The number of hydrogen-bond acceptors (Lipinski definition) is 4. The lowest BCUT2D eigenvalue weighted by molar-refractivity contribution is -0.304. The second kappa shape index (κ2) is 6.20. The van der Waals surface area contributed by atoms with E-state index in [0.29, 0.717) is 11.8 Å². The van der Waals surface area contributed by atoms with Gasteiger partial charge in [-0.3, -0.25) is 4.79 Å². The molecular formula is C22H32O4. The largest absolute Gasteiger partial charge is 0.436 e. The molecule has 0 radical (unpaired) electrons. The molecule has 4 bridgehead atoms. The molecule has 8 atom stereocenters. The van der Waals surface area contributed by atoms with E-state index in [4.69, 9.17) is 14.2 Å². The van der Waals surface area contributed by atoms with Crippen molar-refractivity contribution < 1.29 is 19.0 Å². The number of rotatable bonds is 5. The van der Waals surface area contributed by atoms with Gasteiger partial charge in [0.2, 0.25) is 6.29 Å². The predicted molar refractivity (Wildman–Crippen MR) is 99.0 cm³/mol. The Bertz CT molecular complexity index is 628. The van der Waals surface area contributed by atoms with Crippen LogP contribution in [0.5, 0.6) is 0 Å². The highest BCUT2D eigenvalue weighted by Gasteiger charge is 2.72. The summed E-state index contributed by atoms with van der Waals surface area (Å²) >= 11 is 0. The Morgan fingerprint density at radius 3 is 2.81 bits per heavy atom. The summed E-state index contributed by atoms with van der Waals surface area (Å²) in [6.45, 7) is 14.3. The highest BCUT2D eigenvalue weighted by atomic mass is 16.8. The molecule has 5 rings (SSSR count). The third-order valence-corrected chi connectivity index (χ3v) is 8.18. The first-order valence-corrected chi connectivity index (χ1v) is 10.1. The first kappa shape index (κ1) is 18.2. The Morgan fingerprint density at radius 2 is 2.12 bits per heavy atom. The molecule has 1 spiro atoms. The van der Waals surface area contributed by atoms with Crippen LogP contribution in [-0.2, 0) is 19.0 Å². The summed E-state index contributed by atoms with van der Waals surface area (Å²) in [5, 5.41) is 0. The first-order chi connectivity index (χ1) is 12.3. The summed E-state index contributed by atoms with van der Waals surface area (Å²) in [6, 6.07) is 0. The van der Waals surface area contributed by atoms with Crippen molar-refractivity contribution in [2.45, 2.75) is 78.0 Å². The second-order valence-electron chi connectivity index (χ2n) is 9.25. The van der Waals surface area contributed by atoms with Gasteiger partial charge in [0.15, 0.2) is 6.29 Å². The minimum Gasteiger partial charge on any atom is -0.436 e. The molecule has 26 heavy (non-hydrogen) atoms. The first-order valence-electron chi connectivity index (χ1n) is 10.1. The smallest absolute Gasteiger partial charge is 0.304 e. The molecule has 3 aliphatic heterocycles. The van der Waals surface area contributed by atoms with Crippen LogP contribution in [0.2, 0.25) is 0 Å². The zero-order valence-corrected chi connectivity index (χ0v) is 16.3. The molecule has 0 aromatic heterocycles. The predicted octanol–water partition coefficient (Wildman–Crippen LogP) is 4.60. The van der Waals surface area contributed by atoms with Crippen molar-refractivity contribution in [2.75, 3.05) is 0 Å². The number of esters is 1. The van der Waals surface area contributed by atoms with E-state index in [2.05, 4.69) is 27.0 Å². The van der Waals surface area contributed by atoms with Crippen molar-refractivity contribution in [1.29, 1.82) is 0 Å². The third kappa shape index (κ3) is 2.45. The Morgan fingerprint density at radius 1 is 1.35 bits per heavy atom. The van der Waals surface area contributed by atoms with Gasteiger partial charge in [-0.2, -0.15) is 0 Å². The van der Waals surface area contributed by atoms with E-state index >= 15 is 0 Å². The van der Waals surface area contributed by atoms with E-state index < -0.39 is 6.29 Å². The van der Waals surface area contributed by atoms with Gasteiger partial charge in [-0.1, -0.05) is 38.7 Å². The van der Waals surface area contributed by atoms with Gasteiger partial charge in [0.25, 0.3) is 0 Å². The van der Waals surface area contributed by atoms with E-state index in [1.54, 1.807) is 0 Å². The molecule has 4 nitrogen and oxygen atoms in total. The van der Waals surface area contributed by atoms with E-state index in [1.165, 1.54) is 13.3 Å². The lowest BCUT2D eigenvalue weighted by Gasteiger charge is -2.64. The summed E-state index contributed by atoms with van der Waals surface area (Å²) in [7, 11) is 0. The number of hydrogen-bond donors (Lipinski definition) is 0. The normalized spacial score (nSPS) is 48.7. The van der Waals surface area contributed by atoms with Crippen LogP contribution in [0.15, 0.2) is 24.8 Å². The van der Waals surface area contributed by atoms with Crippen molar-refractivity contribution in [1.82, 2.24) is 0 Å². The van der Waals surface area contributed by atoms with Gasteiger partial charge in [-0.25, -0.2) is 0 Å². The average Bonchev–Trinajstić information content (AvgIpc) is 2.79. The molecule has 5 fully saturated rings. The lowest BCUT2D eigenvalue weighted by atomic mass is 9.43. The minimum atomic E-state index is -0.439. The number of ether oxygens (including phenoxy) is 3. The maximum absolute atomic E-state index is 11.6. The van der Waals surface area contributed by atoms with Crippen LogP contribution in [0.3, 0.4) is 0 Å². The second-order valence-corrected chi connectivity index (χ2v) is 9.25. The Kier molecular flexibility index (Phi) is 4.35. The molecule has 5 aliphatic rings. The van der Waals surface area contributed by atoms with E-state index in [9.17, 15) is 4.79 Å². The Labute approximate surface area is 157 Å². The fourth-order valence-electron chi connectivity index (χ4n) is 6.56. The maximum atomic E-state index is 11.6. The molecule has 0 aromatic carbocycles. The standard InChI is InChI=1S/C22H32O4/c1-6-13(2)7-9-21(5)14(3)8-10-22-17-11-16(12-18(21)22)25-20(22)26-19(17)24-15(4)23/h6,14,16-20H,1-2,7-12H2,3-5H3/t14-,16+,17+,18+,19+,20-,21-,22-/m0/s1. The maximum Gasteiger partial charge on any atom is 0.304 e. The average molecular weight is 360 g/mol. The molecular weight excluding hydrogens is 328 g/mol. The molecule has 0 N–H and O–H groups in total. The van der Waals surface area contributed by atoms with E-state index in [0.717, 1.165) is 37.7 Å². The van der Waals surface area contributed by atoms with Crippen molar-refractivity contribution in [2.24, 2.45) is 28.6 Å². The minimum absolute atomic E-state index is 0.00829. The van der Waals surface area contributed by atoms with Gasteiger partial charge in [0.1, 0.15) is 0 Å². The van der Waals surface area contributed by atoms with Crippen LogP contribution in [0, 0.1) is 28.6 Å². The van der Waals surface area contributed by atoms with Crippen LogP contribution >= 0.6 is 0 Å². The van der Waals surface area contributed by atoms with Crippen molar-refractivity contribution in [3.63, 3.8) is 0 Å². The Hall–Kier alpha value is -1.13. The molecule has 2 aliphatic carbocycles. The summed E-state index contributed by atoms with van der Waals surface area (Å²) in [5.41, 5.74) is 1.33. The van der Waals surface area contributed by atoms with Crippen LogP contribution in [0.4, 0.5) is 0 Å². The van der Waals surface area contributed by atoms with Crippen LogP contribution in [-0.4, -0.2) is 24.7 Å². The fourth-order valence-corrected chi connectivity index (χ4v) is 6.56. The molecule has 0 amide bonds. The lowest BCUT2D eigenvalue weighted by Crippen LogP contribution is -2.64. The number of carbonyl (C=O) groups is 1. The molecule has 144 valence electrons. The van der Waals surface area contributed by atoms with Gasteiger partial charge in [-0.05, 0) is 55.8 Å². The van der Waals surface area contributed by atoms with Gasteiger partial charge in [0.05, 0.1) is 6.10 Å². The summed E-state index contributed by atoms with van der Waals surface area (Å²) in [6.07, 6.45) is 7.90. The monoisotopic (exact) mass is 360 g/mol. The molecule has 3 saturated heterocycles. The topological polar surface area (TPSA) is 44.8 Å². The molecule has 4 heteroatoms. The van der Waals surface area contributed by atoms with Crippen LogP contribution in [0.25, 0.3) is 0 Å². The van der Waals surface area contributed by atoms with E-state index in [-0.39, 0.29) is 35.1 Å². The van der Waals surface area contributed by atoms with Gasteiger partial charge in [-0.15, -0.1) is 0 Å². The molecule has 2 saturated carbocycles. The molecule has 0 aromatic rings. The van der Waals surface area contributed by atoms with Gasteiger partial charge >= 0.3 is 5.97 Å². The van der Waals surface area contributed by atoms with E-state index in [1.807, 2.05) is 6.08 Å². The zero-order chi connectivity index (χ0) is 18.7. The molecule has 3 heterocycles. The highest BCUT2D eigenvalue weighted by molar-refractivity contribution is 5.66. The molecule has 0 unspecified atom stereocenters. The van der Waals surface area contributed by atoms with Crippen molar-refractivity contribution in [3.8, 4) is 0 Å². The third-order valence-electron chi connectivity index (χ3n) is 8.18. The van der Waals surface area contributed by atoms with Gasteiger partial charge < -0.3 is 14.2 Å². The fraction of sp³-hybridized carbons (Fsp3) is 0.773. The van der Waals surface area contributed by atoms with Crippen LogP contribution < -0.4 is 0 Å². The van der Waals surface area contributed by atoms with Crippen molar-refractivity contribution in [3.05, 3.63) is 24.8 Å². The summed E-state index contributed by atoms with van der Waals surface area (Å²) in [4.78, 5) is 11.6. The Balaban J connectivity index is 1.66. The SMILES string of the molecule is C=CC(=C)CC[C@]1(C)[C@H]2C[C@H]3C[C@@H]4[C@H](OC(C)=O)O[C@H](O3)[C@@]42CC[C@@H]1C. The van der Waals surface area contributed by atoms with Gasteiger partial charge in [0, 0.05) is 18.3 Å². The number of carbonyl (C=O) groups excluding carboxylic acids is 1. The summed E-state index contributed by atoms with van der Waals surface area (Å²) in [5.74, 6) is 1.20. The highest BCUT2D eigenvalue weighted by Crippen LogP contribution is 2.71. The zero-order valence-electron chi connectivity index (χ0n) is 16.3.